The van der Waals surface area contributed by atoms with Crippen LogP contribution < -0.4 is 9.47 Å². The first-order chi connectivity index (χ1) is 17.9. The van der Waals surface area contributed by atoms with Gasteiger partial charge in [0.1, 0.15) is 42.4 Å². The lowest BCUT2D eigenvalue weighted by molar-refractivity contribution is 0.0831. The van der Waals surface area contributed by atoms with E-state index in [-0.39, 0.29) is 6.61 Å². The third-order valence-corrected chi connectivity index (χ3v) is 5.79. The number of benzene rings is 3. The van der Waals surface area contributed by atoms with E-state index in [1.165, 1.54) is 0 Å². The number of halogens is 1. The summed E-state index contributed by atoms with van der Waals surface area (Å²) in [4.78, 5) is 10.2. The summed E-state index contributed by atoms with van der Waals surface area (Å²) >= 11 is 5.96. The van der Waals surface area contributed by atoms with E-state index in [0.29, 0.717) is 30.5 Å². The standard InChI is InChI=1S/C29H32ClN3O4/c1-4-35-19-27-31-28(20-5-11-24(12-6-20)36-18-23(34)17-33(2)3)29(32-27)21-7-13-25(14-8-21)37-26-15-9-22(30)10-16-26/h5-16,23,34H,4,17-19H2,1-3H3,(H,31,32)/t23-/m1/s1. The number of nitrogens with zero attached hydrogens (tertiary/aromatic N) is 2. The highest BCUT2D eigenvalue weighted by Crippen LogP contribution is 2.33. The van der Waals surface area contributed by atoms with Crippen molar-refractivity contribution in [3.8, 4) is 39.8 Å². The van der Waals surface area contributed by atoms with E-state index in [1.807, 2.05) is 86.6 Å². The van der Waals surface area contributed by atoms with Gasteiger partial charge in [0.05, 0.1) is 11.4 Å². The van der Waals surface area contributed by atoms with E-state index < -0.39 is 6.10 Å². The van der Waals surface area contributed by atoms with Gasteiger partial charge in [-0.15, -0.1) is 0 Å². The summed E-state index contributed by atoms with van der Waals surface area (Å²) in [7, 11) is 3.83. The summed E-state index contributed by atoms with van der Waals surface area (Å²) in [6.45, 7) is 3.73. The molecule has 1 atom stereocenters. The monoisotopic (exact) mass is 521 g/mol. The number of ether oxygens (including phenoxy) is 3. The van der Waals surface area contributed by atoms with Crippen molar-refractivity contribution in [2.75, 3.05) is 33.9 Å². The van der Waals surface area contributed by atoms with Crippen molar-refractivity contribution >= 4 is 11.6 Å². The zero-order valence-corrected chi connectivity index (χ0v) is 22.0. The summed E-state index contributed by atoms with van der Waals surface area (Å²) in [5, 5.41) is 10.7. The lowest BCUT2D eigenvalue weighted by Crippen LogP contribution is -2.30. The van der Waals surface area contributed by atoms with Crippen LogP contribution in [0.2, 0.25) is 5.02 Å². The molecule has 0 fully saturated rings. The van der Waals surface area contributed by atoms with E-state index in [0.717, 1.165) is 39.8 Å². The van der Waals surface area contributed by atoms with Crippen LogP contribution >= 0.6 is 11.6 Å². The summed E-state index contributed by atoms with van der Waals surface area (Å²) in [6.07, 6.45) is -0.555. The van der Waals surface area contributed by atoms with Crippen LogP contribution in [0.25, 0.3) is 22.5 Å². The molecular weight excluding hydrogens is 490 g/mol. The first kappa shape index (κ1) is 26.7. The molecule has 0 spiro atoms. The quantitative estimate of drug-likeness (QED) is 0.237. The van der Waals surface area contributed by atoms with Gasteiger partial charge >= 0.3 is 0 Å². The Kier molecular flexibility index (Phi) is 9.19. The topological polar surface area (TPSA) is 79.8 Å². The fraction of sp³-hybridized carbons (Fsp3) is 0.276. The average Bonchev–Trinajstić information content (AvgIpc) is 3.32. The normalized spacial score (nSPS) is 12.1. The molecule has 3 aromatic carbocycles. The SMILES string of the molecule is CCOCc1nc(-c2ccc(OC[C@H](O)CN(C)C)cc2)c(-c2ccc(Oc3ccc(Cl)cc3)cc2)[nH]1. The van der Waals surface area contributed by atoms with Crippen LogP contribution in [-0.2, 0) is 11.3 Å². The molecule has 37 heavy (non-hydrogen) atoms. The molecule has 0 aliphatic rings. The predicted octanol–water partition coefficient (Wildman–Crippen LogP) is 6.03. The van der Waals surface area contributed by atoms with Gasteiger partial charge in [0, 0.05) is 29.3 Å². The van der Waals surface area contributed by atoms with Crippen molar-refractivity contribution in [3.63, 3.8) is 0 Å². The molecule has 194 valence electrons. The van der Waals surface area contributed by atoms with Gasteiger partial charge in [-0.2, -0.15) is 0 Å². The van der Waals surface area contributed by atoms with Crippen molar-refractivity contribution in [1.82, 2.24) is 14.9 Å². The number of aromatic amines is 1. The van der Waals surface area contributed by atoms with Crippen molar-refractivity contribution in [3.05, 3.63) is 83.6 Å². The number of rotatable bonds is 12. The van der Waals surface area contributed by atoms with Crippen LogP contribution in [0.4, 0.5) is 0 Å². The van der Waals surface area contributed by atoms with Gasteiger partial charge in [0.2, 0.25) is 0 Å². The van der Waals surface area contributed by atoms with Crippen LogP contribution in [0, 0.1) is 0 Å². The number of likely N-dealkylation sites (N-methyl/N-ethyl adjacent to an activating group) is 1. The molecule has 0 unspecified atom stereocenters. The van der Waals surface area contributed by atoms with E-state index in [1.54, 1.807) is 12.1 Å². The van der Waals surface area contributed by atoms with Crippen molar-refractivity contribution in [1.29, 1.82) is 0 Å². The molecule has 4 aromatic rings. The predicted molar refractivity (Wildman–Crippen MR) is 146 cm³/mol. The van der Waals surface area contributed by atoms with Crippen molar-refractivity contribution in [2.24, 2.45) is 0 Å². The average molecular weight is 522 g/mol. The molecule has 0 amide bonds. The van der Waals surface area contributed by atoms with Crippen LogP contribution in [0.15, 0.2) is 72.8 Å². The highest BCUT2D eigenvalue weighted by Gasteiger charge is 2.15. The molecule has 2 N–H and O–H groups in total. The molecule has 0 radical (unpaired) electrons. The summed E-state index contributed by atoms with van der Waals surface area (Å²) in [5.41, 5.74) is 3.63. The third-order valence-electron chi connectivity index (χ3n) is 5.53. The van der Waals surface area contributed by atoms with E-state index in [4.69, 9.17) is 30.8 Å². The van der Waals surface area contributed by atoms with Crippen LogP contribution in [0.5, 0.6) is 17.2 Å². The van der Waals surface area contributed by atoms with Gasteiger partial charge < -0.3 is 29.2 Å². The molecule has 8 heteroatoms. The minimum Gasteiger partial charge on any atom is -0.491 e. The molecule has 7 nitrogen and oxygen atoms in total. The van der Waals surface area contributed by atoms with Crippen LogP contribution in [-0.4, -0.2) is 59.9 Å². The van der Waals surface area contributed by atoms with Gasteiger partial charge in [0.15, 0.2) is 0 Å². The molecule has 0 saturated heterocycles. The molecular formula is C29H32ClN3O4. The van der Waals surface area contributed by atoms with Crippen LogP contribution in [0.1, 0.15) is 12.7 Å². The zero-order valence-electron chi connectivity index (χ0n) is 21.3. The summed E-state index contributed by atoms with van der Waals surface area (Å²) < 4.78 is 17.3. The van der Waals surface area contributed by atoms with Crippen LogP contribution in [0.3, 0.4) is 0 Å². The highest BCUT2D eigenvalue weighted by molar-refractivity contribution is 6.30. The molecule has 0 bridgehead atoms. The fourth-order valence-electron chi connectivity index (χ4n) is 3.81. The van der Waals surface area contributed by atoms with Gasteiger partial charge in [0.25, 0.3) is 0 Å². The number of hydrogen-bond acceptors (Lipinski definition) is 6. The first-order valence-corrected chi connectivity index (χ1v) is 12.6. The largest absolute Gasteiger partial charge is 0.491 e. The second-order valence-electron chi connectivity index (χ2n) is 8.88. The maximum Gasteiger partial charge on any atom is 0.133 e. The van der Waals surface area contributed by atoms with Gasteiger partial charge in [-0.1, -0.05) is 11.6 Å². The Morgan fingerprint density at radius 3 is 2.11 bits per heavy atom. The summed E-state index contributed by atoms with van der Waals surface area (Å²) in [5.74, 6) is 2.88. The second kappa shape index (κ2) is 12.7. The van der Waals surface area contributed by atoms with Crippen molar-refractivity contribution in [2.45, 2.75) is 19.6 Å². The van der Waals surface area contributed by atoms with Gasteiger partial charge in [-0.25, -0.2) is 4.98 Å². The number of hydrogen-bond donors (Lipinski definition) is 2. The number of nitrogens with one attached hydrogen (secondary N) is 1. The number of imidazole rings is 1. The number of aliphatic hydroxyl groups is 1. The fourth-order valence-corrected chi connectivity index (χ4v) is 3.94. The molecule has 1 aromatic heterocycles. The van der Waals surface area contributed by atoms with Gasteiger partial charge in [-0.05, 0) is 93.8 Å². The lowest BCUT2D eigenvalue weighted by Gasteiger charge is -2.16. The number of H-pyrrole nitrogens is 1. The summed E-state index contributed by atoms with van der Waals surface area (Å²) in [6, 6.07) is 22.8. The molecule has 4 rings (SSSR count). The lowest BCUT2D eigenvalue weighted by atomic mass is 10.0. The Morgan fingerprint density at radius 2 is 1.49 bits per heavy atom. The second-order valence-corrected chi connectivity index (χ2v) is 9.31. The Morgan fingerprint density at radius 1 is 0.892 bits per heavy atom. The van der Waals surface area contributed by atoms with Crippen molar-refractivity contribution < 1.29 is 19.3 Å². The van der Waals surface area contributed by atoms with E-state index in [9.17, 15) is 5.11 Å². The van der Waals surface area contributed by atoms with Gasteiger partial charge in [-0.3, -0.25) is 0 Å². The third kappa shape index (κ3) is 7.57. The Labute approximate surface area is 222 Å². The van der Waals surface area contributed by atoms with E-state index in [2.05, 4.69) is 4.98 Å². The maximum absolute atomic E-state index is 10.1. The Hall–Kier alpha value is -3.36. The highest BCUT2D eigenvalue weighted by atomic mass is 35.5. The maximum atomic E-state index is 10.1. The Bertz CT molecular complexity index is 1260. The molecule has 0 saturated carbocycles. The minimum absolute atomic E-state index is 0.230. The first-order valence-electron chi connectivity index (χ1n) is 12.2. The number of aliphatic hydroxyl groups excluding tert-OH is 1. The molecule has 0 aliphatic carbocycles. The molecule has 0 aliphatic heterocycles. The minimum atomic E-state index is -0.555. The van der Waals surface area contributed by atoms with E-state index >= 15 is 0 Å². The number of aromatic nitrogens is 2. The Balaban J connectivity index is 1.53. The smallest absolute Gasteiger partial charge is 0.133 e. The molecule has 1 heterocycles. The zero-order chi connectivity index (χ0) is 26.2.